The van der Waals surface area contributed by atoms with E-state index in [0.717, 1.165) is 11.6 Å². The predicted molar refractivity (Wildman–Crippen MR) is 93.2 cm³/mol. The summed E-state index contributed by atoms with van der Waals surface area (Å²) in [6.45, 7) is 0.770. The Hall–Kier alpha value is -2.83. The molecule has 4 rings (SSSR count). The largest absolute Gasteiger partial charge is 0.346 e. The van der Waals surface area contributed by atoms with E-state index in [0.29, 0.717) is 31.5 Å². The Labute approximate surface area is 155 Å². The van der Waals surface area contributed by atoms with Crippen LogP contribution in [-0.4, -0.2) is 28.2 Å². The number of nitrogens with one attached hydrogen (secondary N) is 1. The number of carbonyl (C=O) groups excluding carboxylic acids is 2. The van der Waals surface area contributed by atoms with Gasteiger partial charge in [-0.25, -0.2) is 8.78 Å². The molecule has 1 N–H and O–H groups in total. The van der Waals surface area contributed by atoms with Crippen LogP contribution in [0.3, 0.4) is 0 Å². The highest BCUT2D eigenvalue weighted by Gasteiger charge is 2.48. The lowest BCUT2D eigenvalue weighted by atomic mass is 10.0. The molecule has 27 heavy (non-hydrogen) atoms. The minimum absolute atomic E-state index is 0.0754. The Morgan fingerprint density at radius 1 is 1.19 bits per heavy atom. The molecular weight excluding hydrogens is 352 g/mol. The van der Waals surface area contributed by atoms with E-state index in [1.807, 2.05) is 12.1 Å². The molecule has 140 valence electrons. The van der Waals surface area contributed by atoms with Crippen molar-refractivity contribution < 1.29 is 18.4 Å². The average molecular weight is 371 g/mol. The number of rotatable bonds is 5. The third-order valence-corrected chi connectivity index (χ3v) is 5.24. The highest BCUT2D eigenvalue weighted by molar-refractivity contribution is 5.89. The maximum absolute atomic E-state index is 13.5. The van der Waals surface area contributed by atoms with Gasteiger partial charge in [0.1, 0.15) is 11.6 Å². The number of benzene rings is 1. The number of amides is 2. The van der Waals surface area contributed by atoms with Gasteiger partial charge in [0.25, 0.3) is 0 Å². The molecule has 1 aliphatic heterocycles. The minimum Gasteiger partial charge on any atom is -0.346 e. The molecule has 2 aromatic rings. The first-order valence-electron chi connectivity index (χ1n) is 8.90. The fourth-order valence-electron chi connectivity index (χ4n) is 3.59. The lowest BCUT2D eigenvalue weighted by Crippen LogP contribution is -2.40. The molecule has 2 heterocycles. The zero-order chi connectivity index (χ0) is 19.0. The summed E-state index contributed by atoms with van der Waals surface area (Å²) < 4.78 is 27.1. The number of likely N-dealkylation sites (tertiary alicyclic amines) is 1. The van der Waals surface area contributed by atoms with Crippen LogP contribution in [0.1, 0.15) is 30.4 Å². The zero-order valence-corrected chi connectivity index (χ0v) is 14.6. The SMILES string of the molecule is O=C(NC1(c2cc(F)cc(F)c2)CC1)[C@@H]1CC(=O)N(Cc2ccncc2)C1. The molecule has 1 aromatic carbocycles. The molecule has 7 heteroatoms. The quantitative estimate of drug-likeness (QED) is 0.879. The van der Waals surface area contributed by atoms with Gasteiger partial charge in [-0.3, -0.25) is 14.6 Å². The van der Waals surface area contributed by atoms with E-state index in [9.17, 15) is 18.4 Å². The van der Waals surface area contributed by atoms with Crippen LogP contribution in [0.25, 0.3) is 0 Å². The highest BCUT2D eigenvalue weighted by Crippen LogP contribution is 2.46. The summed E-state index contributed by atoms with van der Waals surface area (Å²) in [6, 6.07) is 6.99. The summed E-state index contributed by atoms with van der Waals surface area (Å²) in [5.41, 5.74) is 0.668. The normalized spacial score (nSPS) is 20.6. The van der Waals surface area contributed by atoms with E-state index in [1.165, 1.54) is 12.1 Å². The van der Waals surface area contributed by atoms with Crippen molar-refractivity contribution in [3.05, 3.63) is 65.5 Å². The second kappa shape index (κ2) is 6.72. The molecule has 5 nitrogen and oxygen atoms in total. The second-order valence-corrected chi connectivity index (χ2v) is 7.26. The Morgan fingerprint density at radius 2 is 1.85 bits per heavy atom. The molecular formula is C20H19F2N3O2. The first kappa shape index (κ1) is 17.6. The molecule has 1 atom stereocenters. The summed E-state index contributed by atoms with van der Waals surface area (Å²) in [7, 11) is 0. The van der Waals surface area contributed by atoms with Crippen LogP contribution in [0.15, 0.2) is 42.7 Å². The first-order valence-corrected chi connectivity index (χ1v) is 8.90. The smallest absolute Gasteiger partial charge is 0.226 e. The topological polar surface area (TPSA) is 62.3 Å². The van der Waals surface area contributed by atoms with Crippen molar-refractivity contribution in [1.82, 2.24) is 15.2 Å². The van der Waals surface area contributed by atoms with Crippen LogP contribution in [-0.2, 0) is 21.7 Å². The third kappa shape index (κ3) is 3.67. The predicted octanol–water partition coefficient (Wildman–Crippen LogP) is 2.51. The van der Waals surface area contributed by atoms with Gasteiger partial charge in [0.15, 0.2) is 0 Å². The lowest BCUT2D eigenvalue weighted by molar-refractivity contribution is -0.129. The van der Waals surface area contributed by atoms with E-state index in [4.69, 9.17) is 0 Å². The van der Waals surface area contributed by atoms with E-state index in [2.05, 4.69) is 10.3 Å². The van der Waals surface area contributed by atoms with Gasteiger partial charge in [-0.15, -0.1) is 0 Å². The van der Waals surface area contributed by atoms with Gasteiger partial charge in [-0.1, -0.05) is 0 Å². The molecule has 0 unspecified atom stereocenters. The van der Waals surface area contributed by atoms with Crippen molar-refractivity contribution >= 4 is 11.8 Å². The molecule has 2 fully saturated rings. The summed E-state index contributed by atoms with van der Waals surface area (Å²) >= 11 is 0. The van der Waals surface area contributed by atoms with Crippen LogP contribution in [0, 0.1) is 17.6 Å². The summed E-state index contributed by atoms with van der Waals surface area (Å²) in [4.78, 5) is 30.6. The molecule has 2 aliphatic rings. The Morgan fingerprint density at radius 3 is 2.48 bits per heavy atom. The molecule has 2 amide bonds. The third-order valence-electron chi connectivity index (χ3n) is 5.24. The van der Waals surface area contributed by atoms with Crippen LogP contribution in [0.4, 0.5) is 8.78 Å². The van der Waals surface area contributed by atoms with Crippen LogP contribution in [0.2, 0.25) is 0 Å². The molecule has 1 saturated heterocycles. The fraction of sp³-hybridized carbons (Fsp3) is 0.350. The Balaban J connectivity index is 1.42. The number of hydrogen-bond acceptors (Lipinski definition) is 3. The summed E-state index contributed by atoms with van der Waals surface area (Å²) in [6.07, 6.45) is 4.72. The number of hydrogen-bond donors (Lipinski definition) is 1. The van der Waals surface area contributed by atoms with Crippen molar-refractivity contribution in [2.75, 3.05) is 6.54 Å². The van der Waals surface area contributed by atoms with Gasteiger partial charge in [0, 0.05) is 38.0 Å². The maximum atomic E-state index is 13.5. The number of nitrogens with zero attached hydrogens (tertiary/aromatic N) is 2. The minimum atomic E-state index is -0.721. The van der Waals surface area contributed by atoms with E-state index >= 15 is 0 Å². The van der Waals surface area contributed by atoms with Crippen molar-refractivity contribution in [3.8, 4) is 0 Å². The second-order valence-electron chi connectivity index (χ2n) is 7.26. The highest BCUT2D eigenvalue weighted by atomic mass is 19.1. The molecule has 0 spiro atoms. The standard InChI is InChI=1S/C20H19F2N3O2/c21-16-8-15(9-17(22)10-16)20(3-4-20)24-19(27)14-7-18(26)25(12-14)11-13-1-5-23-6-2-13/h1-2,5-6,8-10,14H,3-4,7,11-12H2,(H,24,27)/t14-/m1/s1. The van der Waals surface area contributed by atoms with Gasteiger partial charge in [-0.05, 0) is 48.2 Å². The average Bonchev–Trinajstić information content (AvgIpc) is 3.32. The van der Waals surface area contributed by atoms with Crippen molar-refractivity contribution in [2.45, 2.75) is 31.3 Å². The molecule has 1 aliphatic carbocycles. The Kier molecular flexibility index (Phi) is 4.37. The summed E-state index contributed by atoms with van der Waals surface area (Å²) in [5.74, 6) is -2.11. The number of pyridine rings is 1. The molecule has 0 radical (unpaired) electrons. The van der Waals surface area contributed by atoms with Gasteiger partial charge < -0.3 is 10.2 Å². The number of aromatic nitrogens is 1. The van der Waals surface area contributed by atoms with Gasteiger partial charge >= 0.3 is 0 Å². The van der Waals surface area contributed by atoms with Gasteiger partial charge in [0.2, 0.25) is 11.8 Å². The fourth-order valence-corrected chi connectivity index (χ4v) is 3.59. The molecule has 1 aromatic heterocycles. The van der Waals surface area contributed by atoms with Crippen molar-refractivity contribution in [3.63, 3.8) is 0 Å². The molecule has 1 saturated carbocycles. The van der Waals surface area contributed by atoms with E-state index < -0.39 is 23.1 Å². The number of halogens is 2. The number of carbonyl (C=O) groups is 2. The Bertz CT molecular complexity index is 864. The summed E-state index contributed by atoms with van der Waals surface area (Å²) in [5, 5.41) is 2.92. The van der Waals surface area contributed by atoms with Gasteiger partial charge in [-0.2, -0.15) is 0 Å². The van der Waals surface area contributed by atoms with Gasteiger partial charge in [0.05, 0.1) is 11.5 Å². The van der Waals surface area contributed by atoms with Crippen molar-refractivity contribution in [2.24, 2.45) is 5.92 Å². The zero-order valence-electron chi connectivity index (χ0n) is 14.6. The van der Waals surface area contributed by atoms with Crippen LogP contribution < -0.4 is 5.32 Å². The maximum Gasteiger partial charge on any atom is 0.226 e. The van der Waals surface area contributed by atoms with Crippen molar-refractivity contribution in [1.29, 1.82) is 0 Å². The first-order chi connectivity index (χ1) is 12.9. The van der Waals surface area contributed by atoms with E-state index in [-0.39, 0.29) is 18.2 Å². The van der Waals surface area contributed by atoms with Crippen LogP contribution in [0.5, 0.6) is 0 Å². The van der Waals surface area contributed by atoms with Crippen LogP contribution >= 0.6 is 0 Å². The monoisotopic (exact) mass is 371 g/mol. The lowest BCUT2D eigenvalue weighted by Gasteiger charge is -2.21. The van der Waals surface area contributed by atoms with E-state index in [1.54, 1.807) is 17.3 Å². The molecule has 0 bridgehead atoms.